The van der Waals surface area contributed by atoms with Crippen molar-refractivity contribution in [2.24, 2.45) is 5.92 Å². The summed E-state index contributed by atoms with van der Waals surface area (Å²) in [6.45, 7) is 2.44. The molecule has 92 valence electrons. The molecule has 0 N–H and O–H groups in total. The van der Waals surface area contributed by atoms with E-state index in [9.17, 15) is 0 Å². The van der Waals surface area contributed by atoms with E-state index in [0.717, 1.165) is 18.5 Å². The second kappa shape index (κ2) is 5.11. The summed E-state index contributed by atoms with van der Waals surface area (Å²) in [6.07, 6.45) is 7.22. The highest BCUT2D eigenvalue weighted by molar-refractivity contribution is 9.10. The van der Waals surface area contributed by atoms with Crippen LogP contribution in [0.5, 0.6) is 0 Å². The van der Waals surface area contributed by atoms with Crippen molar-refractivity contribution in [3.8, 4) is 0 Å². The van der Waals surface area contributed by atoms with Crippen LogP contribution in [0.25, 0.3) is 0 Å². The summed E-state index contributed by atoms with van der Waals surface area (Å²) < 4.78 is 1.20. The smallest absolute Gasteiger partial charge is 0.0237 e. The van der Waals surface area contributed by atoms with Gasteiger partial charge in [-0.15, -0.1) is 0 Å². The first-order valence-electron chi connectivity index (χ1n) is 6.81. The van der Waals surface area contributed by atoms with Crippen LogP contribution in [0.3, 0.4) is 0 Å². The summed E-state index contributed by atoms with van der Waals surface area (Å²) in [5, 5.41) is 0. The van der Waals surface area contributed by atoms with Crippen molar-refractivity contribution < 1.29 is 0 Å². The number of benzene rings is 1. The van der Waals surface area contributed by atoms with E-state index >= 15 is 0 Å². The number of hydrogen-bond acceptors (Lipinski definition) is 1. The fourth-order valence-electron chi connectivity index (χ4n) is 3.62. The zero-order valence-corrected chi connectivity index (χ0v) is 11.8. The third-order valence-corrected chi connectivity index (χ3v) is 4.88. The van der Waals surface area contributed by atoms with E-state index in [0.29, 0.717) is 0 Å². The minimum atomic E-state index is 0.878. The number of hydrogen-bond donors (Lipinski definition) is 0. The molecule has 1 aromatic carbocycles. The van der Waals surface area contributed by atoms with Crippen LogP contribution in [0.4, 0.5) is 0 Å². The molecule has 2 aliphatic rings. The van der Waals surface area contributed by atoms with Gasteiger partial charge in [-0.2, -0.15) is 0 Å². The summed E-state index contributed by atoms with van der Waals surface area (Å²) >= 11 is 3.56. The Morgan fingerprint density at radius 3 is 2.94 bits per heavy atom. The minimum Gasteiger partial charge on any atom is -0.296 e. The average molecular weight is 294 g/mol. The summed E-state index contributed by atoms with van der Waals surface area (Å²) in [7, 11) is 0. The molecule has 2 atom stereocenters. The molecular formula is C15H20BrN. The van der Waals surface area contributed by atoms with Gasteiger partial charge < -0.3 is 0 Å². The molecule has 0 aromatic heterocycles. The highest BCUT2D eigenvalue weighted by atomic mass is 79.9. The molecule has 3 rings (SSSR count). The lowest BCUT2D eigenvalue weighted by Gasteiger charge is -2.37. The maximum atomic E-state index is 3.56. The van der Waals surface area contributed by atoms with E-state index in [2.05, 4.69) is 45.1 Å². The van der Waals surface area contributed by atoms with Crippen molar-refractivity contribution >= 4 is 15.9 Å². The standard InChI is InChI=1S/C15H20BrN/c16-14-7-1-4-12(10-14)11-17-9-3-6-13-5-2-8-15(13)17/h1,4,7,10,13,15H,2-3,5-6,8-9,11H2. The molecule has 1 aromatic rings. The van der Waals surface area contributed by atoms with E-state index in [4.69, 9.17) is 0 Å². The third-order valence-electron chi connectivity index (χ3n) is 4.38. The summed E-state index contributed by atoms with van der Waals surface area (Å²) in [5.41, 5.74) is 1.45. The summed E-state index contributed by atoms with van der Waals surface area (Å²) in [5.74, 6) is 0.996. The number of rotatable bonds is 2. The molecular weight excluding hydrogens is 274 g/mol. The maximum absolute atomic E-state index is 3.56. The van der Waals surface area contributed by atoms with Gasteiger partial charge in [0.25, 0.3) is 0 Å². The van der Waals surface area contributed by atoms with Crippen molar-refractivity contribution in [3.63, 3.8) is 0 Å². The monoisotopic (exact) mass is 293 g/mol. The zero-order valence-electron chi connectivity index (χ0n) is 10.2. The van der Waals surface area contributed by atoms with Crippen molar-refractivity contribution in [2.75, 3.05) is 6.54 Å². The van der Waals surface area contributed by atoms with Crippen LogP contribution in [0.15, 0.2) is 28.7 Å². The van der Waals surface area contributed by atoms with Crippen LogP contribution in [0.1, 0.15) is 37.7 Å². The summed E-state index contributed by atoms with van der Waals surface area (Å²) in [4.78, 5) is 2.73. The van der Waals surface area contributed by atoms with Crippen LogP contribution in [-0.2, 0) is 6.54 Å². The molecule has 1 saturated heterocycles. The Balaban J connectivity index is 1.71. The first kappa shape index (κ1) is 11.7. The van der Waals surface area contributed by atoms with E-state index < -0.39 is 0 Å². The van der Waals surface area contributed by atoms with Gasteiger partial charge in [0.1, 0.15) is 0 Å². The van der Waals surface area contributed by atoms with Gasteiger partial charge in [0.05, 0.1) is 0 Å². The molecule has 0 amide bonds. The first-order valence-corrected chi connectivity index (χ1v) is 7.61. The second-order valence-corrected chi connectivity index (χ2v) is 6.42. The van der Waals surface area contributed by atoms with E-state index in [1.54, 1.807) is 0 Å². The van der Waals surface area contributed by atoms with Crippen molar-refractivity contribution in [2.45, 2.75) is 44.7 Å². The van der Waals surface area contributed by atoms with Crippen molar-refractivity contribution in [3.05, 3.63) is 34.3 Å². The van der Waals surface area contributed by atoms with Gasteiger partial charge in [-0.1, -0.05) is 34.5 Å². The number of nitrogens with zero attached hydrogens (tertiary/aromatic N) is 1. The Morgan fingerprint density at radius 2 is 2.06 bits per heavy atom. The number of fused-ring (bicyclic) bond motifs is 1. The average Bonchev–Trinajstić information content (AvgIpc) is 2.78. The minimum absolute atomic E-state index is 0.878. The highest BCUT2D eigenvalue weighted by Crippen LogP contribution is 2.37. The van der Waals surface area contributed by atoms with Crippen LogP contribution in [0.2, 0.25) is 0 Å². The van der Waals surface area contributed by atoms with Gasteiger partial charge >= 0.3 is 0 Å². The predicted octanol–water partition coefficient (Wildman–Crippen LogP) is 4.21. The Bertz CT molecular complexity index is 390. The van der Waals surface area contributed by atoms with Gasteiger partial charge in [0, 0.05) is 17.1 Å². The van der Waals surface area contributed by atoms with Crippen molar-refractivity contribution in [1.82, 2.24) is 4.90 Å². The van der Waals surface area contributed by atoms with Gasteiger partial charge in [-0.25, -0.2) is 0 Å². The Hall–Kier alpha value is -0.340. The fraction of sp³-hybridized carbons (Fsp3) is 0.600. The fourth-order valence-corrected chi connectivity index (χ4v) is 4.07. The molecule has 1 nitrogen and oxygen atoms in total. The van der Waals surface area contributed by atoms with Gasteiger partial charge in [-0.05, 0) is 55.8 Å². The first-order chi connectivity index (χ1) is 8.33. The van der Waals surface area contributed by atoms with E-state index in [1.807, 2.05) is 0 Å². The lowest BCUT2D eigenvalue weighted by molar-refractivity contribution is 0.106. The SMILES string of the molecule is Brc1cccc(CN2CCCC3CCCC32)c1. The quantitative estimate of drug-likeness (QED) is 0.789. The lowest BCUT2D eigenvalue weighted by Crippen LogP contribution is -2.41. The zero-order chi connectivity index (χ0) is 11.7. The molecule has 0 bridgehead atoms. The number of piperidine rings is 1. The molecule has 2 heteroatoms. The molecule has 2 fully saturated rings. The van der Waals surface area contributed by atoms with Crippen LogP contribution >= 0.6 is 15.9 Å². The van der Waals surface area contributed by atoms with Crippen molar-refractivity contribution in [1.29, 1.82) is 0 Å². The lowest BCUT2D eigenvalue weighted by atomic mass is 9.91. The second-order valence-electron chi connectivity index (χ2n) is 5.50. The largest absolute Gasteiger partial charge is 0.296 e. The molecule has 1 heterocycles. The molecule has 17 heavy (non-hydrogen) atoms. The van der Waals surface area contributed by atoms with Gasteiger partial charge in [0.2, 0.25) is 0 Å². The Labute approximate surface area is 112 Å². The van der Waals surface area contributed by atoms with Crippen LogP contribution in [0, 0.1) is 5.92 Å². The number of halogens is 1. The van der Waals surface area contributed by atoms with E-state index in [1.165, 1.54) is 48.7 Å². The Kier molecular flexibility index (Phi) is 3.53. The molecule has 1 saturated carbocycles. The normalized spacial score (nSPS) is 29.2. The van der Waals surface area contributed by atoms with Gasteiger partial charge in [0.15, 0.2) is 0 Å². The van der Waals surface area contributed by atoms with E-state index in [-0.39, 0.29) is 0 Å². The molecule has 1 aliphatic carbocycles. The Morgan fingerprint density at radius 1 is 1.18 bits per heavy atom. The van der Waals surface area contributed by atoms with Gasteiger partial charge in [-0.3, -0.25) is 4.90 Å². The topological polar surface area (TPSA) is 3.24 Å². The maximum Gasteiger partial charge on any atom is 0.0237 e. The molecule has 0 radical (unpaired) electrons. The predicted molar refractivity (Wildman–Crippen MR) is 74.9 cm³/mol. The molecule has 1 aliphatic heterocycles. The van der Waals surface area contributed by atoms with Crippen LogP contribution in [-0.4, -0.2) is 17.5 Å². The van der Waals surface area contributed by atoms with Crippen LogP contribution < -0.4 is 0 Å². The summed E-state index contributed by atoms with van der Waals surface area (Å²) in [6, 6.07) is 9.65. The highest BCUT2D eigenvalue weighted by Gasteiger charge is 2.34. The number of likely N-dealkylation sites (tertiary alicyclic amines) is 1. The third kappa shape index (κ3) is 2.58. The molecule has 0 spiro atoms. The molecule has 2 unspecified atom stereocenters.